The molecule has 0 aliphatic carbocycles. The van der Waals surface area contributed by atoms with E-state index in [2.05, 4.69) is 20.9 Å². The summed E-state index contributed by atoms with van der Waals surface area (Å²) in [6.07, 6.45) is 0. The van der Waals surface area contributed by atoms with Crippen molar-refractivity contribution in [1.29, 1.82) is 0 Å². The monoisotopic (exact) mass is 320 g/mol. The summed E-state index contributed by atoms with van der Waals surface area (Å²) in [7, 11) is 3.36. The van der Waals surface area contributed by atoms with Gasteiger partial charge < -0.3 is 20.7 Å². The zero-order valence-electron chi connectivity index (χ0n) is 14.7. The summed E-state index contributed by atoms with van der Waals surface area (Å²) < 4.78 is 5.09. The van der Waals surface area contributed by atoms with Gasteiger partial charge in [0.1, 0.15) is 0 Å². The van der Waals surface area contributed by atoms with Crippen LogP contribution in [0.25, 0.3) is 0 Å². The van der Waals surface area contributed by atoms with Crippen LogP contribution >= 0.6 is 0 Å². The van der Waals surface area contributed by atoms with Gasteiger partial charge in [-0.2, -0.15) is 0 Å². The zero-order chi connectivity index (χ0) is 17.3. The first-order valence-electron chi connectivity index (χ1n) is 7.66. The third kappa shape index (κ3) is 8.21. The van der Waals surface area contributed by atoms with Crippen molar-refractivity contribution in [3.8, 4) is 0 Å². The van der Waals surface area contributed by atoms with E-state index in [4.69, 9.17) is 4.74 Å². The minimum atomic E-state index is -0.236. The Hall–Kier alpha value is -2.08. The highest BCUT2D eigenvalue weighted by Crippen LogP contribution is 2.05. The minimum Gasteiger partial charge on any atom is -0.380 e. The Kier molecular flexibility index (Phi) is 7.54. The fourth-order valence-corrected chi connectivity index (χ4v) is 1.95. The number of carbonyl (C=O) groups is 1. The van der Waals surface area contributed by atoms with Crippen molar-refractivity contribution >= 4 is 11.9 Å². The van der Waals surface area contributed by atoms with Crippen LogP contribution in [-0.4, -0.2) is 38.1 Å². The Morgan fingerprint density at radius 2 is 1.74 bits per heavy atom. The summed E-state index contributed by atoms with van der Waals surface area (Å²) in [4.78, 5) is 15.9. The minimum absolute atomic E-state index is 0.0654. The van der Waals surface area contributed by atoms with E-state index in [0.717, 1.165) is 11.1 Å². The number of methoxy groups -OCH3 is 1. The van der Waals surface area contributed by atoms with Gasteiger partial charge in [0.05, 0.1) is 13.2 Å². The summed E-state index contributed by atoms with van der Waals surface area (Å²) in [6.45, 7) is 7.28. The van der Waals surface area contributed by atoms with Crippen LogP contribution in [-0.2, 0) is 22.7 Å². The van der Waals surface area contributed by atoms with E-state index < -0.39 is 0 Å². The number of carbonyl (C=O) groups excluding carboxylic acids is 1. The van der Waals surface area contributed by atoms with Crippen LogP contribution in [0.5, 0.6) is 0 Å². The lowest BCUT2D eigenvalue weighted by Gasteiger charge is -2.21. The molecule has 0 bridgehead atoms. The lowest BCUT2D eigenvalue weighted by Crippen LogP contribution is -2.48. The molecule has 1 aromatic rings. The van der Waals surface area contributed by atoms with Gasteiger partial charge >= 0.3 is 0 Å². The maximum Gasteiger partial charge on any atom is 0.239 e. The number of nitrogens with zero attached hydrogens (tertiary/aromatic N) is 1. The Balaban J connectivity index is 2.40. The van der Waals surface area contributed by atoms with Crippen molar-refractivity contribution in [2.45, 2.75) is 39.5 Å². The number of hydrogen-bond acceptors (Lipinski definition) is 3. The van der Waals surface area contributed by atoms with Gasteiger partial charge in [0, 0.05) is 26.2 Å². The molecule has 0 aliphatic rings. The van der Waals surface area contributed by atoms with Gasteiger partial charge in [-0.3, -0.25) is 9.79 Å². The van der Waals surface area contributed by atoms with E-state index in [1.54, 1.807) is 14.2 Å². The highest BCUT2D eigenvalue weighted by molar-refractivity contribution is 5.86. The third-order valence-corrected chi connectivity index (χ3v) is 2.95. The van der Waals surface area contributed by atoms with E-state index in [9.17, 15) is 4.79 Å². The molecule has 1 aromatic carbocycles. The van der Waals surface area contributed by atoms with Gasteiger partial charge in [-0.15, -0.1) is 0 Å². The molecular formula is C17H28N4O2. The predicted octanol–water partition coefficient (Wildman–Crippen LogP) is 1.41. The van der Waals surface area contributed by atoms with Crippen molar-refractivity contribution in [3.05, 3.63) is 35.4 Å². The smallest absolute Gasteiger partial charge is 0.239 e. The molecule has 3 N–H and O–H groups in total. The topological polar surface area (TPSA) is 74.8 Å². The fraction of sp³-hybridized carbons (Fsp3) is 0.529. The average Bonchev–Trinajstić information content (AvgIpc) is 2.47. The second-order valence-corrected chi connectivity index (χ2v) is 6.33. The van der Waals surface area contributed by atoms with Crippen molar-refractivity contribution < 1.29 is 9.53 Å². The van der Waals surface area contributed by atoms with Gasteiger partial charge in [0.2, 0.25) is 5.91 Å². The lowest BCUT2D eigenvalue weighted by molar-refractivity contribution is -0.121. The van der Waals surface area contributed by atoms with Crippen LogP contribution in [0.15, 0.2) is 29.3 Å². The first-order chi connectivity index (χ1) is 10.8. The SMILES string of the molecule is CN=C(NCC(=O)NC(C)(C)C)NCc1ccc(COC)cc1. The number of aliphatic imine (C=N–C) groups is 1. The second kappa shape index (κ2) is 9.15. The van der Waals surface area contributed by atoms with Gasteiger partial charge in [-0.25, -0.2) is 0 Å². The first kappa shape index (κ1) is 19.0. The predicted molar refractivity (Wildman–Crippen MR) is 93.3 cm³/mol. The molecule has 0 saturated carbocycles. The van der Waals surface area contributed by atoms with Gasteiger partial charge in [0.15, 0.2) is 5.96 Å². The number of benzene rings is 1. The van der Waals surface area contributed by atoms with Crippen molar-refractivity contribution in [3.63, 3.8) is 0 Å². The van der Waals surface area contributed by atoms with E-state index in [0.29, 0.717) is 19.1 Å². The third-order valence-electron chi connectivity index (χ3n) is 2.95. The Bertz CT molecular complexity index is 518. The van der Waals surface area contributed by atoms with E-state index in [1.165, 1.54) is 0 Å². The van der Waals surface area contributed by atoms with Crippen molar-refractivity contribution in [2.24, 2.45) is 4.99 Å². The zero-order valence-corrected chi connectivity index (χ0v) is 14.7. The molecule has 1 rings (SSSR count). The van der Waals surface area contributed by atoms with Gasteiger partial charge in [0.25, 0.3) is 0 Å². The maximum atomic E-state index is 11.8. The molecule has 0 saturated heterocycles. The molecule has 0 spiro atoms. The Morgan fingerprint density at radius 3 is 2.26 bits per heavy atom. The molecule has 0 atom stereocenters. The van der Waals surface area contributed by atoms with Crippen LogP contribution in [0.2, 0.25) is 0 Å². The Labute approximate surface area is 138 Å². The summed E-state index contributed by atoms with van der Waals surface area (Å²) >= 11 is 0. The molecule has 23 heavy (non-hydrogen) atoms. The molecule has 1 amide bonds. The van der Waals surface area contributed by atoms with Crippen LogP contribution < -0.4 is 16.0 Å². The van der Waals surface area contributed by atoms with E-state index in [1.807, 2.05) is 45.0 Å². The second-order valence-electron chi connectivity index (χ2n) is 6.33. The summed E-state index contributed by atoms with van der Waals surface area (Å²) in [5.41, 5.74) is 2.03. The van der Waals surface area contributed by atoms with E-state index >= 15 is 0 Å². The summed E-state index contributed by atoms with van der Waals surface area (Å²) in [5.74, 6) is 0.527. The van der Waals surface area contributed by atoms with Crippen molar-refractivity contribution in [1.82, 2.24) is 16.0 Å². The lowest BCUT2D eigenvalue weighted by atomic mass is 10.1. The molecule has 0 unspecified atom stereocenters. The van der Waals surface area contributed by atoms with Crippen LogP contribution in [0.4, 0.5) is 0 Å². The van der Waals surface area contributed by atoms with Crippen LogP contribution in [0, 0.1) is 0 Å². The number of ether oxygens (including phenoxy) is 1. The Morgan fingerprint density at radius 1 is 1.13 bits per heavy atom. The largest absolute Gasteiger partial charge is 0.380 e. The maximum absolute atomic E-state index is 11.8. The molecule has 0 radical (unpaired) electrons. The number of amides is 1. The first-order valence-corrected chi connectivity index (χ1v) is 7.66. The highest BCUT2D eigenvalue weighted by atomic mass is 16.5. The van der Waals surface area contributed by atoms with Crippen LogP contribution in [0.1, 0.15) is 31.9 Å². The average molecular weight is 320 g/mol. The number of hydrogen-bond donors (Lipinski definition) is 3. The normalized spacial score (nSPS) is 12.0. The number of guanidine groups is 1. The molecule has 0 fully saturated rings. The summed E-state index contributed by atoms with van der Waals surface area (Å²) in [5, 5.41) is 9.08. The van der Waals surface area contributed by atoms with Gasteiger partial charge in [-0.05, 0) is 31.9 Å². The molecular weight excluding hydrogens is 292 g/mol. The van der Waals surface area contributed by atoms with Crippen molar-refractivity contribution in [2.75, 3.05) is 20.7 Å². The van der Waals surface area contributed by atoms with Gasteiger partial charge in [-0.1, -0.05) is 24.3 Å². The fourth-order valence-electron chi connectivity index (χ4n) is 1.95. The van der Waals surface area contributed by atoms with Crippen LogP contribution in [0.3, 0.4) is 0 Å². The summed E-state index contributed by atoms with van der Waals surface area (Å²) in [6, 6.07) is 8.16. The molecule has 6 nitrogen and oxygen atoms in total. The molecule has 0 heterocycles. The highest BCUT2D eigenvalue weighted by Gasteiger charge is 2.13. The molecule has 6 heteroatoms. The molecule has 0 aliphatic heterocycles. The molecule has 128 valence electrons. The molecule has 0 aromatic heterocycles. The number of nitrogens with one attached hydrogen (secondary N) is 3. The standard InChI is InChI=1S/C17H28N4O2/c1-17(2,3)21-15(22)11-20-16(18-4)19-10-13-6-8-14(9-7-13)12-23-5/h6-9H,10-12H2,1-5H3,(H,21,22)(H2,18,19,20). The number of rotatable bonds is 6. The van der Waals surface area contributed by atoms with E-state index in [-0.39, 0.29) is 18.0 Å². The quantitative estimate of drug-likeness (QED) is 0.547.